The number of thiophene rings is 1. The van der Waals surface area contributed by atoms with Crippen molar-refractivity contribution < 1.29 is 0 Å². The normalized spacial score (nSPS) is 28.0. The van der Waals surface area contributed by atoms with E-state index >= 15 is 0 Å². The van der Waals surface area contributed by atoms with Crippen molar-refractivity contribution in [2.75, 3.05) is 0 Å². The SMILES string of the molecule is Cc1sc(CNC2CC(C)CCC2C(C)C)cc1Br. The number of aryl methyl sites for hydroxylation is 1. The Bertz CT molecular complexity index is 393. The predicted octanol–water partition coefficient (Wildman–Crippen LogP) is 5.37. The van der Waals surface area contributed by atoms with Crippen molar-refractivity contribution in [1.82, 2.24) is 5.32 Å². The highest BCUT2D eigenvalue weighted by Crippen LogP contribution is 2.34. The Morgan fingerprint density at radius 1 is 1.42 bits per heavy atom. The summed E-state index contributed by atoms with van der Waals surface area (Å²) in [5, 5.41) is 3.83. The van der Waals surface area contributed by atoms with E-state index in [0.29, 0.717) is 6.04 Å². The second-order valence-electron chi connectivity index (χ2n) is 6.43. The molecule has 1 nitrogen and oxygen atoms in total. The molecule has 0 amide bonds. The molecule has 19 heavy (non-hydrogen) atoms. The standard InChI is InChI=1S/C16H26BrNS/c1-10(2)14-6-5-11(3)7-16(14)18-9-13-8-15(17)12(4)19-13/h8,10-11,14,16,18H,5-7,9H2,1-4H3. The van der Waals surface area contributed by atoms with Crippen LogP contribution in [-0.2, 0) is 6.54 Å². The molecule has 0 aromatic carbocycles. The largest absolute Gasteiger partial charge is 0.309 e. The quantitative estimate of drug-likeness (QED) is 0.774. The molecule has 0 saturated heterocycles. The highest BCUT2D eigenvalue weighted by molar-refractivity contribution is 9.10. The summed E-state index contributed by atoms with van der Waals surface area (Å²) in [6.45, 7) is 10.4. The topological polar surface area (TPSA) is 12.0 Å². The van der Waals surface area contributed by atoms with Crippen molar-refractivity contribution >= 4 is 27.3 Å². The fraction of sp³-hybridized carbons (Fsp3) is 0.750. The molecule has 3 unspecified atom stereocenters. The first-order valence-electron chi connectivity index (χ1n) is 7.45. The molecule has 1 aliphatic carbocycles. The maximum absolute atomic E-state index is 3.83. The lowest BCUT2D eigenvalue weighted by molar-refractivity contribution is 0.169. The molecule has 108 valence electrons. The number of halogens is 1. The Labute approximate surface area is 130 Å². The molecule has 1 saturated carbocycles. The van der Waals surface area contributed by atoms with Gasteiger partial charge in [-0.1, -0.05) is 27.2 Å². The van der Waals surface area contributed by atoms with Gasteiger partial charge in [-0.15, -0.1) is 11.3 Å². The molecular formula is C16H26BrNS. The summed E-state index contributed by atoms with van der Waals surface area (Å²) in [5.41, 5.74) is 0. The third kappa shape index (κ3) is 4.05. The van der Waals surface area contributed by atoms with Gasteiger partial charge in [-0.05, 0) is 59.5 Å². The van der Waals surface area contributed by atoms with Gasteiger partial charge in [0.1, 0.15) is 0 Å². The maximum atomic E-state index is 3.83. The van der Waals surface area contributed by atoms with E-state index < -0.39 is 0 Å². The minimum Gasteiger partial charge on any atom is -0.309 e. The first-order chi connectivity index (χ1) is 8.97. The highest BCUT2D eigenvalue weighted by Gasteiger charge is 2.30. The fourth-order valence-electron chi connectivity index (χ4n) is 3.27. The van der Waals surface area contributed by atoms with Crippen LogP contribution in [0.15, 0.2) is 10.5 Å². The van der Waals surface area contributed by atoms with Gasteiger partial charge in [0.15, 0.2) is 0 Å². The zero-order valence-electron chi connectivity index (χ0n) is 12.5. The second kappa shape index (κ2) is 6.73. The number of rotatable bonds is 4. The first kappa shape index (κ1) is 15.5. The van der Waals surface area contributed by atoms with E-state index in [9.17, 15) is 0 Å². The lowest BCUT2D eigenvalue weighted by Crippen LogP contribution is -2.42. The van der Waals surface area contributed by atoms with Crippen molar-refractivity contribution in [3.8, 4) is 0 Å². The number of nitrogens with one attached hydrogen (secondary N) is 1. The van der Waals surface area contributed by atoms with Crippen LogP contribution in [0.5, 0.6) is 0 Å². The average Bonchev–Trinajstić information content (AvgIpc) is 2.66. The Morgan fingerprint density at radius 3 is 2.74 bits per heavy atom. The van der Waals surface area contributed by atoms with Crippen LogP contribution in [0.1, 0.15) is 49.8 Å². The maximum Gasteiger partial charge on any atom is 0.0314 e. The molecule has 1 fully saturated rings. The van der Waals surface area contributed by atoms with Crippen LogP contribution in [0, 0.1) is 24.7 Å². The van der Waals surface area contributed by atoms with Gasteiger partial charge >= 0.3 is 0 Å². The van der Waals surface area contributed by atoms with Gasteiger partial charge in [-0.25, -0.2) is 0 Å². The minimum atomic E-state index is 0.699. The molecule has 3 heteroatoms. The number of hydrogen-bond donors (Lipinski definition) is 1. The van der Waals surface area contributed by atoms with E-state index in [0.717, 1.165) is 24.3 Å². The summed E-state index contributed by atoms with van der Waals surface area (Å²) < 4.78 is 1.26. The first-order valence-corrected chi connectivity index (χ1v) is 9.06. The van der Waals surface area contributed by atoms with Crippen molar-refractivity contribution in [3.63, 3.8) is 0 Å². The summed E-state index contributed by atoms with van der Waals surface area (Å²) in [6.07, 6.45) is 4.14. The molecule has 1 aromatic rings. The van der Waals surface area contributed by atoms with E-state index in [-0.39, 0.29) is 0 Å². The van der Waals surface area contributed by atoms with Crippen LogP contribution in [0.3, 0.4) is 0 Å². The van der Waals surface area contributed by atoms with Crippen molar-refractivity contribution in [3.05, 3.63) is 20.3 Å². The van der Waals surface area contributed by atoms with E-state index in [1.165, 1.54) is 33.5 Å². The van der Waals surface area contributed by atoms with E-state index in [1.54, 1.807) is 0 Å². The molecule has 1 heterocycles. The number of hydrogen-bond acceptors (Lipinski definition) is 2. The van der Waals surface area contributed by atoms with E-state index in [2.05, 4.69) is 55.0 Å². The summed E-state index contributed by atoms with van der Waals surface area (Å²) in [4.78, 5) is 2.83. The van der Waals surface area contributed by atoms with Gasteiger partial charge in [-0.2, -0.15) is 0 Å². The fourth-order valence-corrected chi connectivity index (χ4v) is 4.83. The van der Waals surface area contributed by atoms with Gasteiger partial charge in [0.05, 0.1) is 0 Å². The van der Waals surface area contributed by atoms with Crippen molar-refractivity contribution in [2.24, 2.45) is 17.8 Å². The lowest BCUT2D eigenvalue weighted by Gasteiger charge is -2.38. The van der Waals surface area contributed by atoms with Gasteiger partial charge in [0.2, 0.25) is 0 Å². The van der Waals surface area contributed by atoms with Crippen LogP contribution >= 0.6 is 27.3 Å². The van der Waals surface area contributed by atoms with Crippen LogP contribution in [0.4, 0.5) is 0 Å². The molecular weight excluding hydrogens is 318 g/mol. The van der Waals surface area contributed by atoms with Crippen LogP contribution in [0.2, 0.25) is 0 Å². The molecule has 0 spiro atoms. The Balaban J connectivity index is 1.95. The van der Waals surface area contributed by atoms with E-state index in [1.807, 2.05) is 11.3 Å². The van der Waals surface area contributed by atoms with Crippen LogP contribution in [0.25, 0.3) is 0 Å². The smallest absolute Gasteiger partial charge is 0.0314 e. The van der Waals surface area contributed by atoms with Gasteiger partial charge in [0, 0.05) is 26.8 Å². The Kier molecular flexibility index (Phi) is 5.50. The van der Waals surface area contributed by atoms with Gasteiger partial charge < -0.3 is 5.32 Å². The zero-order chi connectivity index (χ0) is 14.0. The van der Waals surface area contributed by atoms with Crippen molar-refractivity contribution in [2.45, 2.75) is 59.5 Å². The monoisotopic (exact) mass is 343 g/mol. The molecule has 1 N–H and O–H groups in total. The Morgan fingerprint density at radius 2 is 2.16 bits per heavy atom. The lowest BCUT2D eigenvalue weighted by atomic mass is 9.74. The average molecular weight is 344 g/mol. The summed E-state index contributed by atoms with van der Waals surface area (Å²) >= 11 is 5.51. The van der Waals surface area contributed by atoms with Crippen LogP contribution in [-0.4, -0.2) is 6.04 Å². The van der Waals surface area contributed by atoms with Crippen molar-refractivity contribution in [1.29, 1.82) is 0 Å². The Hall–Kier alpha value is 0.140. The molecule has 1 aliphatic rings. The summed E-state index contributed by atoms with van der Waals surface area (Å²) in [6, 6.07) is 2.97. The molecule has 0 bridgehead atoms. The molecule has 3 atom stereocenters. The van der Waals surface area contributed by atoms with Gasteiger partial charge in [-0.3, -0.25) is 0 Å². The predicted molar refractivity (Wildman–Crippen MR) is 88.7 cm³/mol. The van der Waals surface area contributed by atoms with E-state index in [4.69, 9.17) is 0 Å². The third-order valence-corrected chi connectivity index (χ3v) is 6.61. The zero-order valence-corrected chi connectivity index (χ0v) is 14.9. The minimum absolute atomic E-state index is 0.699. The highest BCUT2D eigenvalue weighted by atomic mass is 79.9. The third-order valence-electron chi connectivity index (χ3n) is 4.47. The molecule has 0 radical (unpaired) electrons. The van der Waals surface area contributed by atoms with Crippen LogP contribution < -0.4 is 5.32 Å². The second-order valence-corrected chi connectivity index (χ2v) is 8.63. The summed E-state index contributed by atoms with van der Waals surface area (Å²) in [7, 11) is 0. The summed E-state index contributed by atoms with van der Waals surface area (Å²) in [5.74, 6) is 2.52. The molecule has 1 aromatic heterocycles. The van der Waals surface area contributed by atoms with Gasteiger partial charge in [0.25, 0.3) is 0 Å². The molecule has 2 rings (SSSR count). The molecule has 0 aliphatic heterocycles.